The van der Waals surface area contributed by atoms with E-state index in [1.54, 1.807) is 0 Å². The van der Waals surface area contributed by atoms with Gasteiger partial charge in [0.1, 0.15) is 11.4 Å². The molecule has 18 heavy (non-hydrogen) atoms. The highest BCUT2D eigenvalue weighted by Gasteiger charge is 2.29. The molecular formula is C13H23N3O2. The number of aromatic amines is 1. The van der Waals surface area contributed by atoms with Gasteiger partial charge in [-0.15, -0.1) is 0 Å². The molecule has 0 fully saturated rings. The fourth-order valence-corrected chi connectivity index (χ4v) is 1.46. The topological polar surface area (TPSA) is 67.0 Å². The van der Waals surface area contributed by atoms with Crippen LogP contribution in [0.5, 0.6) is 0 Å². The Hall–Kier alpha value is -1.52. The van der Waals surface area contributed by atoms with E-state index in [4.69, 9.17) is 4.74 Å². The fraction of sp³-hybridized carbons (Fsp3) is 0.692. The van der Waals surface area contributed by atoms with Gasteiger partial charge in [-0.3, -0.25) is 0 Å². The second-order valence-electron chi connectivity index (χ2n) is 6.05. The number of aromatic nitrogens is 2. The highest BCUT2D eigenvalue weighted by atomic mass is 16.6. The van der Waals surface area contributed by atoms with Gasteiger partial charge in [-0.2, -0.15) is 0 Å². The monoisotopic (exact) mass is 253 g/mol. The second kappa shape index (κ2) is 4.63. The molecular weight excluding hydrogens is 230 g/mol. The van der Waals surface area contributed by atoms with Gasteiger partial charge in [-0.05, 0) is 48.5 Å². The summed E-state index contributed by atoms with van der Waals surface area (Å²) >= 11 is 0. The molecule has 0 spiro atoms. The van der Waals surface area contributed by atoms with Crippen LogP contribution >= 0.6 is 0 Å². The quantitative estimate of drug-likeness (QED) is 0.851. The Morgan fingerprint density at radius 3 is 2.17 bits per heavy atom. The van der Waals surface area contributed by atoms with E-state index in [1.165, 1.54) is 0 Å². The molecule has 0 saturated heterocycles. The number of carbonyl (C=O) groups excluding carboxylic acids is 1. The van der Waals surface area contributed by atoms with Crippen molar-refractivity contribution in [3.05, 3.63) is 17.2 Å². The van der Waals surface area contributed by atoms with Gasteiger partial charge in [0.05, 0.1) is 11.2 Å². The molecule has 0 unspecified atom stereocenters. The number of aryl methyl sites for hydroxylation is 2. The molecule has 0 aromatic carbocycles. The van der Waals surface area contributed by atoms with Crippen molar-refractivity contribution >= 4 is 6.09 Å². The van der Waals surface area contributed by atoms with Gasteiger partial charge in [0.25, 0.3) is 0 Å². The third-order valence-corrected chi connectivity index (χ3v) is 2.53. The molecule has 0 aliphatic rings. The number of amides is 1. The lowest BCUT2D eigenvalue weighted by Crippen LogP contribution is -2.44. The Morgan fingerprint density at radius 1 is 1.22 bits per heavy atom. The van der Waals surface area contributed by atoms with Crippen LogP contribution in [0.2, 0.25) is 0 Å². The summed E-state index contributed by atoms with van der Waals surface area (Å²) < 4.78 is 5.24. The maximum absolute atomic E-state index is 11.8. The van der Waals surface area contributed by atoms with Crippen LogP contribution in [0.3, 0.4) is 0 Å². The van der Waals surface area contributed by atoms with Crippen molar-refractivity contribution in [2.75, 3.05) is 0 Å². The number of carbonyl (C=O) groups is 1. The van der Waals surface area contributed by atoms with E-state index in [1.807, 2.05) is 48.5 Å². The van der Waals surface area contributed by atoms with E-state index in [0.717, 1.165) is 17.2 Å². The summed E-state index contributed by atoms with van der Waals surface area (Å²) in [6, 6.07) is 0. The standard InChI is InChI=1S/C13H23N3O2/c1-8-9(2)15-10(14-8)13(6,7)16-11(17)18-12(3,4)5/h1-7H3,(H,14,15)(H,16,17). The van der Waals surface area contributed by atoms with E-state index in [0.29, 0.717) is 0 Å². The van der Waals surface area contributed by atoms with Crippen LogP contribution in [0.1, 0.15) is 51.8 Å². The second-order valence-corrected chi connectivity index (χ2v) is 6.05. The first kappa shape index (κ1) is 14.5. The van der Waals surface area contributed by atoms with Crippen LogP contribution < -0.4 is 5.32 Å². The zero-order valence-electron chi connectivity index (χ0n) is 12.3. The largest absolute Gasteiger partial charge is 0.444 e. The van der Waals surface area contributed by atoms with Gasteiger partial charge in [-0.1, -0.05) is 0 Å². The number of ether oxygens (including phenoxy) is 1. The van der Waals surface area contributed by atoms with Gasteiger partial charge in [0, 0.05) is 5.69 Å². The zero-order chi connectivity index (χ0) is 14.1. The number of nitrogens with zero attached hydrogens (tertiary/aromatic N) is 1. The van der Waals surface area contributed by atoms with Crippen LogP contribution in [0.25, 0.3) is 0 Å². The summed E-state index contributed by atoms with van der Waals surface area (Å²) in [5, 5.41) is 2.81. The summed E-state index contributed by atoms with van der Waals surface area (Å²) in [5.74, 6) is 0.725. The molecule has 0 radical (unpaired) electrons. The number of H-pyrrole nitrogens is 1. The maximum atomic E-state index is 11.8. The van der Waals surface area contributed by atoms with Crippen molar-refractivity contribution < 1.29 is 9.53 Å². The minimum Gasteiger partial charge on any atom is -0.444 e. The van der Waals surface area contributed by atoms with Gasteiger partial charge in [-0.25, -0.2) is 9.78 Å². The molecule has 2 N–H and O–H groups in total. The summed E-state index contributed by atoms with van der Waals surface area (Å²) in [7, 11) is 0. The molecule has 0 aliphatic heterocycles. The van der Waals surface area contributed by atoms with Gasteiger partial charge in [0.15, 0.2) is 0 Å². The van der Waals surface area contributed by atoms with E-state index in [9.17, 15) is 4.79 Å². The van der Waals surface area contributed by atoms with Crippen molar-refractivity contribution in [3.8, 4) is 0 Å². The number of hydrogen-bond acceptors (Lipinski definition) is 3. The Bertz CT molecular complexity index is 422. The summed E-state index contributed by atoms with van der Waals surface area (Å²) in [5.41, 5.74) is 0.837. The highest BCUT2D eigenvalue weighted by molar-refractivity contribution is 5.68. The molecule has 0 atom stereocenters. The summed E-state index contributed by atoms with van der Waals surface area (Å²) in [6.45, 7) is 13.2. The maximum Gasteiger partial charge on any atom is 0.408 e. The van der Waals surface area contributed by atoms with Crippen LogP contribution in [-0.4, -0.2) is 21.7 Å². The molecule has 1 amide bonds. The van der Waals surface area contributed by atoms with E-state index in [2.05, 4.69) is 15.3 Å². The first-order valence-electron chi connectivity index (χ1n) is 6.06. The van der Waals surface area contributed by atoms with Crippen molar-refractivity contribution in [1.82, 2.24) is 15.3 Å². The highest BCUT2D eigenvalue weighted by Crippen LogP contribution is 2.19. The van der Waals surface area contributed by atoms with Gasteiger partial charge < -0.3 is 15.0 Å². The van der Waals surface area contributed by atoms with Crippen LogP contribution in [0.15, 0.2) is 0 Å². The third-order valence-electron chi connectivity index (χ3n) is 2.53. The lowest BCUT2D eigenvalue weighted by Gasteiger charge is -2.27. The zero-order valence-corrected chi connectivity index (χ0v) is 12.3. The molecule has 102 valence electrons. The molecule has 0 aliphatic carbocycles. The molecule has 1 aromatic rings. The van der Waals surface area contributed by atoms with Crippen molar-refractivity contribution in [2.45, 2.75) is 59.6 Å². The summed E-state index contributed by atoms with van der Waals surface area (Å²) in [4.78, 5) is 19.3. The first-order chi connectivity index (χ1) is 8.01. The molecule has 1 aromatic heterocycles. The molecule has 0 bridgehead atoms. The molecule has 0 saturated carbocycles. The number of imidazole rings is 1. The Balaban J connectivity index is 2.79. The van der Waals surface area contributed by atoms with E-state index in [-0.39, 0.29) is 0 Å². The minimum absolute atomic E-state index is 0.445. The lowest BCUT2D eigenvalue weighted by atomic mass is 10.1. The summed E-state index contributed by atoms with van der Waals surface area (Å²) in [6.07, 6.45) is -0.445. The van der Waals surface area contributed by atoms with Gasteiger partial charge in [0.2, 0.25) is 0 Å². The SMILES string of the molecule is Cc1nc(C(C)(C)NC(=O)OC(C)(C)C)[nH]c1C. The van der Waals surface area contributed by atoms with E-state index >= 15 is 0 Å². The van der Waals surface area contributed by atoms with Gasteiger partial charge >= 0.3 is 6.09 Å². The van der Waals surface area contributed by atoms with Crippen LogP contribution in [0.4, 0.5) is 4.79 Å². The Labute approximate surface area is 108 Å². The molecule has 1 rings (SSSR count). The third kappa shape index (κ3) is 3.75. The predicted molar refractivity (Wildman–Crippen MR) is 70.5 cm³/mol. The van der Waals surface area contributed by atoms with Crippen molar-refractivity contribution in [2.24, 2.45) is 0 Å². The molecule has 5 heteroatoms. The average Bonchev–Trinajstić information content (AvgIpc) is 2.42. The average molecular weight is 253 g/mol. The normalized spacial score (nSPS) is 12.4. The van der Waals surface area contributed by atoms with Crippen molar-refractivity contribution in [1.29, 1.82) is 0 Å². The number of hydrogen-bond donors (Lipinski definition) is 2. The van der Waals surface area contributed by atoms with Crippen LogP contribution in [-0.2, 0) is 10.3 Å². The number of rotatable bonds is 2. The van der Waals surface area contributed by atoms with Crippen molar-refractivity contribution in [3.63, 3.8) is 0 Å². The fourth-order valence-electron chi connectivity index (χ4n) is 1.46. The molecule has 1 heterocycles. The Morgan fingerprint density at radius 2 is 1.78 bits per heavy atom. The number of alkyl carbamates (subject to hydrolysis) is 1. The molecule has 5 nitrogen and oxygen atoms in total. The van der Waals surface area contributed by atoms with E-state index < -0.39 is 17.2 Å². The minimum atomic E-state index is -0.596. The lowest BCUT2D eigenvalue weighted by molar-refractivity contribution is 0.0466. The number of nitrogens with one attached hydrogen (secondary N) is 2. The smallest absolute Gasteiger partial charge is 0.408 e. The Kier molecular flexibility index (Phi) is 3.74. The predicted octanol–water partition coefficient (Wildman–Crippen LogP) is 2.79. The van der Waals surface area contributed by atoms with Crippen LogP contribution in [0, 0.1) is 13.8 Å². The first-order valence-corrected chi connectivity index (χ1v) is 6.06.